The number of nitrogens with one attached hydrogen (secondary N) is 3. The second-order valence-electron chi connectivity index (χ2n) is 6.78. The first-order valence-corrected chi connectivity index (χ1v) is 8.52. The summed E-state index contributed by atoms with van der Waals surface area (Å²) >= 11 is 0. The summed E-state index contributed by atoms with van der Waals surface area (Å²) in [6, 6.07) is 0. The molecule has 2 aromatic heterocycles. The highest BCUT2D eigenvalue weighted by molar-refractivity contribution is 5.95. The van der Waals surface area contributed by atoms with Gasteiger partial charge in [-0.1, -0.05) is 6.92 Å². The molecule has 8 heteroatoms. The minimum Gasteiger partial charge on any atom is -0.357 e. The van der Waals surface area contributed by atoms with E-state index in [4.69, 9.17) is 0 Å². The number of anilines is 1. The van der Waals surface area contributed by atoms with Crippen molar-refractivity contribution in [1.29, 1.82) is 0 Å². The molecule has 3 heterocycles. The van der Waals surface area contributed by atoms with E-state index < -0.39 is 0 Å². The molecule has 8 nitrogen and oxygen atoms in total. The highest BCUT2D eigenvalue weighted by Gasteiger charge is 2.37. The van der Waals surface area contributed by atoms with E-state index in [1.807, 2.05) is 12.4 Å². The number of carbonyl (C=O) groups excluding carboxylic acids is 1. The lowest BCUT2D eigenvalue weighted by atomic mass is 9.77. The van der Waals surface area contributed by atoms with Gasteiger partial charge in [0.15, 0.2) is 0 Å². The summed E-state index contributed by atoms with van der Waals surface area (Å²) in [7, 11) is 3.45. The molecule has 0 aromatic carbocycles. The van der Waals surface area contributed by atoms with Gasteiger partial charge in [-0.15, -0.1) is 0 Å². The summed E-state index contributed by atoms with van der Waals surface area (Å²) < 4.78 is 0. The van der Waals surface area contributed by atoms with Crippen LogP contribution in [-0.2, 0) is 12.0 Å². The number of aromatic amines is 1. The first kappa shape index (κ1) is 17.3. The van der Waals surface area contributed by atoms with Crippen LogP contribution in [0.25, 0.3) is 0 Å². The van der Waals surface area contributed by atoms with Gasteiger partial charge in [0.1, 0.15) is 0 Å². The third-order valence-corrected chi connectivity index (χ3v) is 4.83. The average Bonchev–Trinajstić information content (AvgIpc) is 3.12. The van der Waals surface area contributed by atoms with Crippen molar-refractivity contribution in [1.82, 2.24) is 30.4 Å². The predicted molar refractivity (Wildman–Crippen MR) is 95.4 cm³/mol. The molecule has 0 spiro atoms. The van der Waals surface area contributed by atoms with Crippen LogP contribution in [0.3, 0.4) is 0 Å². The number of hydrogen-bond donors (Lipinski definition) is 3. The monoisotopic (exact) mass is 343 g/mol. The Morgan fingerprint density at radius 1 is 1.32 bits per heavy atom. The molecule has 134 valence electrons. The van der Waals surface area contributed by atoms with E-state index in [-0.39, 0.29) is 11.3 Å². The molecule has 0 saturated carbocycles. The first-order chi connectivity index (χ1) is 12.1. The minimum absolute atomic E-state index is 0.0989. The Bertz CT molecular complexity index is 727. The van der Waals surface area contributed by atoms with Crippen LogP contribution >= 0.6 is 0 Å². The second kappa shape index (κ2) is 7.18. The van der Waals surface area contributed by atoms with E-state index in [1.54, 1.807) is 20.3 Å². The van der Waals surface area contributed by atoms with Crippen LogP contribution in [-0.4, -0.2) is 58.2 Å². The Hall–Kier alpha value is -2.48. The van der Waals surface area contributed by atoms with Crippen molar-refractivity contribution in [3.63, 3.8) is 0 Å². The number of H-pyrrole nitrogens is 1. The summed E-state index contributed by atoms with van der Waals surface area (Å²) in [4.78, 5) is 23.0. The topological polar surface area (TPSA) is 98.8 Å². The van der Waals surface area contributed by atoms with Crippen molar-refractivity contribution >= 4 is 11.9 Å². The summed E-state index contributed by atoms with van der Waals surface area (Å²) in [5.74, 6) is 0.526. The van der Waals surface area contributed by atoms with E-state index >= 15 is 0 Å². The number of amides is 1. The molecule has 1 aliphatic heterocycles. The summed E-state index contributed by atoms with van der Waals surface area (Å²) in [5, 5.41) is 12.8. The number of likely N-dealkylation sites (tertiary alicyclic amines) is 1. The zero-order valence-corrected chi connectivity index (χ0v) is 15.0. The Kier molecular flexibility index (Phi) is 4.98. The molecule has 2 aromatic rings. The molecular weight excluding hydrogens is 318 g/mol. The molecule has 0 unspecified atom stereocenters. The maximum atomic E-state index is 12.1. The standard InChI is InChI=1S/C17H25N7O/c1-17(14-13(9-22-23-14)15(25)18-2)5-4-6-24(11-17)10-12-7-20-16(19-3)21-8-12/h7-9H,4-6,10-11H2,1-3H3,(H,18,25)(H,22,23)(H,19,20,21)/t17-/m1/s1. The average molecular weight is 343 g/mol. The largest absolute Gasteiger partial charge is 0.357 e. The lowest BCUT2D eigenvalue weighted by Gasteiger charge is -2.40. The fourth-order valence-electron chi connectivity index (χ4n) is 3.56. The van der Waals surface area contributed by atoms with Crippen LogP contribution in [0.2, 0.25) is 0 Å². The molecule has 0 bridgehead atoms. The SMILES string of the molecule is CNC(=O)c1cn[nH]c1[C@]1(C)CCCN(Cc2cnc(NC)nc2)C1. The van der Waals surface area contributed by atoms with Crippen LogP contribution in [0.5, 0.6) is 0 Å². The number of aromatic nitrogens is 4. The molecular formula is C17H25N7O. The van der Waals surface area contributed by atoms with Crippen molar-refractivity contribution in [2.45, 2.75) is 31.7 Å². The molecule has 3 rings (SSSR count). The Balaban J connectivity index is 1.75. The van der Waals surface area contributed by atoms with E-state index in [2.05, 4.69) is 42.6 Å². The molecule has 1 saturated heterocycles. The van der Waals surface area contributed by atoms with Gasteiger partial charge < -0.3 is 10.6 Å². The van der Waals surface area contributed by atoms with Gasteiger partial charge in [0.2, 0.25) is 5.95 Å². The number of nitrogens with zero attached hydrogens (tertiary/aromatic N) is 4. The number of piperidine rings is 1. The minimum atomic E-state index is -0.137. The maximum Gasteiger partial charge on any atom is 0.254 e. The molecule has 25 heavy (non-hydrogen) atoms. The van der Waals surface area contributed by atoms with Gasteiger partial charge in [0, 0.05) is 50.6 Å². The van der Waals surface area contributed by atoms with Gasteiger partial charge >= 0.3 is 0 Å². The maximum absolute atomic E-state index is 12.1. The van der Waals surface area contributed by atoms with Gasteiger partial charge in [0.05, 0.1) is 17.5 Å². The van der Waals surface area contributed by atoms with Crippen LogP contribution in [0.15, 0.2) is 18.6 Å². The Morgan fingerprint density at radius 2 is 2.08 bits per heavy atom. The number of rotatable bonds is 5. The van der Waals surface area contributed by atoms with Gasteiger partial charge in [-0.25, -0.2) is 9.97 Å². The normalized spacial score (nSPS) is 21.1. The van der Waals surface area contributed by atoms with E-state index in [0.717, 1.165) is 43.7 Å². The fourth-order valence-corrected chi connectivity index (χ4v) is 3.56. The smallest absolute Gasteiger partial charge is 0.254 e. The lowest BCUT2D eigenvalue weighted by molar-refractivity contribution is 0.0955. The van der Waals surface area contributed by atoms with E-state index in [1.165, 1.54) is 0 Å². The van der Waals surface area contributed by atoms with E-state index in [0.29, 0.717) is 11.5 Å². The van der Waals surface area contributed by atoms with Gasteiger partial charge in [-0.05, 0) is 19.4 Å². The molecule has 0 aliphatic carbocycles. The summed E-state index contributed by atoms with van der Waals surface area (Å²) in [6.45, 7) is 4.86. The molecule has 1 atom stereocenters. The molecule has 1 aliphatic rings. The molecule has 1 amide bonds. The molecule has 3 N–H and O–H groups in total. The highest BCUT2D eigenvalue weighted by atomic mass is 16.1. The third-order valence-electron chi connectivity index (χ3n) is 4.83. The van der Waals surface area contributed by atoms with Gasteiger partial charge in [0.25, 0.3) is 5.91 Å². The summed E-state index contributed by atoms with van der Waals surface area (Å²) in [5.41, 5.74) is 2.49. The van der Waals surface area contributed by atoms with Crippen molar-refractivity contribution in [3.8, 4) is 0 Å². The van der Waals surface area contributed by atoms with E-state index in [9.17, 15) is 4.79 Å². The first-order valence-electron chi connectivity index (χ1n) is 8.52. The lowest BCUT2D eigenvalue weighted by Crippen LogP contribution is -2.45. The second-order valence-corrected chi connectivity index (χ2v) is 6.78. The molecule has 0 radical (unpaired) electrons. The fraction of sp³-hybridized carbons (Fsp3) is 0.529. The zero-order chi connectivity index (χ0) is 17.9. The molecule has 1 fully saturated rings. The Labute approximate surface area is 147 Å². The Morgan fingerprint density at radius 3 is 2.76 bits per heavy atom. The quantitative estimate of drug-likeness (QED) is 0.753. The van der Waals surface area contributed by atoms with Crippen molar-refractivity contribution in [2.24, 2.45) is 0 Å². The predicted octanol–water partition coefficient (Wildman–Crippen LogP) is 1.15. The van der Waals surface area contributed by atoms with Gasteiger partial charge in [-0.2, -0.15) is 5.10 Å². The number of hydrogen-bond acceptors (Lipinski definition) is 6. The third kappa shape index (κ3) is 3.63. The highest BCUT2D eigenvalue weighted by Crippen LogP contribution is 2.34. The van der Waals surface area contributed by atoms with Crippen LogP contribution in [0.4, 0.5) is 5.95 Å². The van der Waals surface area contributed by atoms with Crippen molar-refractivity contribution < 1.29 is 4.79 Å². The summed E-state index contributed by atoms with van der Waals surface area (Å²) in [6.07, 6.45) is 7.42. The zero-order valence-electron chi connectivity index (χ0n) is 15.0. The van der Waals surface area contributed by atoms with Crippen LogP contribution in [0, 0.1) is 0 Å². The van der Waals surface area contributed by atoms with Crippen LogP contribution < -0.4 is 10.6 Å². The van der Waals surface area contributed by atoms with Gasteiger partial charge in [-0.3, -0.25) is 14.8 Å². The van der Waals surface area contributed by atoms with Crippen molar-refractivity contribution in [2.75, 3.05) is 32.5 Å². The number of carbonyl (C=O) groups is 1. The van der Waals surface area contributed by atoms with Crippen LogP contribution in [0.1, 0.15) is 41.4 Å². The van der Waals surface area contributed by atoms with Crippen molar-refractivity contribution in [3.05, 3.63) is 35.4 Å².